The van der Waals surface area contributed by atoms with Crippen LogP contribution in [0.1, 0.15) is 0 Å². The Labute approximate surface area is 267 Å². The van der Waals surface area contributed by atoms with Crippen LogP contribution in [0.25, 0.3) is 45.1 Å². The number of H-pyrrole nitrogens is 2. The van der Waals surface area contributed by atoms with Gasteiger partial charge in [0.2, 0.25) is 0 Å². The summed E-state index contributed by atoms with van der Waals surface area (Å²) in [5.74, 6) is 1.14. The Balaban J connectivity index is 0.935. The average molecular weight is 674 g/mol. The van der Waals surface area contributed by atoms with Crippen LogP contribution in [-0.2, 0) is 0 Å². The fourth-order valence-corrected chi connectivity index (χ4v) is 4.58. The lowest BCUT2D eigenvalue weighted by Crippen LogP contribution is -2.28. The molecule has 0 unspecified atom stereocenters. The van der Waals surface area contributed by atoms with Crippen molar-refractivity contribution in [1.82, 2.24) is 34.8 Å². The molecule has 11 nitrogen and oxygen atoms in total. The van der Waals surface area contributed by atoms with Crippen LogP contribution < -0.4 is 18.9 Å². The lowest BCUT2D eigenvalue weighted by atomic mass is 10.3. The maximum Gasteiger partial charge on any atom is 0.573 e. The SMILES string of the molecule is CN(CCOc1ccc(-c2nc3ccc(OC(F)(F)F)cc3[nH]2)nc1)CCOc1ccc(-c2nc3ccc(OC(F)(F)F)cc3[nH]2)nc1. The molecule has 6 aromatic rings. The predicted octanol–water partition coefficient (Wildman–Crippen LogP) is 6.75. The van der Waals surface area contributed by atoms with Crippen LogP contribution in [-0.4, -0.2) is 80.9 Å². The number of aromatic nitrogens is 6. The van der Waals surface area contributed by atoms with Crippen molar-refractivity contribution in [3.8, 4) is 46.0 Å². The summed E-state index contributed by atoms with van der Waals surface area (Å²) in [6.45, 7) is 1.94. The molecule has 0 bridgehead atoms. The van der Waals surface area contributed by atoms with Crippen LogP contribution in [0.4, 0.5) is 26.3 Å². The van der Waals surface area contributed by atoms with Crippen molar-refractivity contribution in [3.63, 3.8) is 0 Å². The molecule has 0 aliphatic rings. The summed E-state index contributed by atoms with van der Waals surface area (Å²) in [5.41, 5.74) is 2.65. The molecule has 0 spiro atoms. The number of hydrogen-bond acceptors (Lipinski definition) is 9. The summed E-state index contributed by atoms with van der Waals surface area (Å²) in [7, 11) is 1.91. The lowest BCUT2D eigenvalue weighted by Gasteiger charge is -2.17. The minimum Gasteiger partial charge on any atom is -0.491 e. The van der Waals surface area contributed by atoms with Gasteiger partial charge in [-0.25, -0.2) is 19.9 Å². The van der Waals surface area contributed by atoms with Crippen LogP contribution in [0.15, 0.2) is 73.1 Å². The van der Waals surface area contributed by atoms with E-state index in [-0.39, 0.29) is 11.5 Å². The van der Waals surface area contributed by atoms with Crippen molar-refractivity contribution in [3.05, 3.63) is 73.1 Å². The van der Waals surface area contributed by atoms with Crippen LogP contribution in [0.5, 0.6) is 23.0 Å². The number of aromatic amines is 2. The number of pyridine rings is 2. The van der Waals surface area contributed by atoms with Gasteiger partial charge in [0.25, 0.3) is 0 Å². The number of imidazole rings is 2. The van der Waals surface area contributed by atoms with Crippen molar-refractivity contribution in [1.29, 1.82) is 0 Å². The van der Waals surface area contributed by atoms with Crippen molar-refractivity contribution >= 4 is 22.1 Å². The Hall–Kier alpha value is -5.58. The van der Waals surface area contributed by atoms with Gasteiger partial charge in [0.1, 0.15) is 47.6 Å². The molecule has 0 fully saturated rings. The molecule has 0 saturated heterocycles. The third kappa shape index (κ3) is 8.41. The highest BCUT2D eigenvalue weighted by molar-refractivity contribution is 5.81. The molecule has 4 heterocycles. The van der Waals surface area contributed by atoms with Gasteiger partial charge in [-0.1, -0.05) is 0 Å². The van der Waals surface area contributed by atoms with Crippen LogP contribution in [0, 0.1) is 0 Å². The molecular weight excluding hydrogens is 648 g/mol. The zero-order chi connectivity index (χ0) is 33.9. The number of nitrogens with one attached hydrogen (secondary N) is 2. The highest BCUT2D eigenvalue weighted by atomic mass is 19.4. The molecule has 0 atom stereocenters. The molecule has 0 saturated carbocycles. The van der Waals surface area contributed by atoms with E-state index in [0.717, 1.165) is 0 Å². The van der Waals surface area contributed by atoms with Gasteiger partial charge < -0.3 is 28.9 Å². The minimum atomic E-state index is -4.79. The number of nitrogens with zero attached hydrogens (tertiary/aromatic N) is 5. The molecule has 0 radical (unpaired) electrons. The second-order valence-corrected chi connectivity index (χ2v) is 10.4. The predicted molar refractivity (Wildman–Crippen MR) is 161 cm³/mol. The summed E-state index contributed by atoms with van der Waals surface area (Å²) < 4.78 is 94.6. The smallest absolute Gasteiger partial charge is 0.491 e. The Kier molecular flexibility index (Phi) is 8.95. The summed E-state index contributed by atoms with van der Waals surface area (Å²) in [4.78, 5) is 25.3. The first kappa shape index (κ1) is 32.4. The molecule has 0 aliphatic carbocycles. The van der Waals surface area contributed by atoms with E-state index in [9.17, 15) is 26.3 Å². The zero-order valence-corrected chi connectivity index (χ0v) is 24.9. The number of halogens is 6. The second kappa shape index (κ2) is 13.3. The van der Waals surface area contributed by atoms with Gasteiger partial charge in [0.15, 0.2) is 11.6 Å². The molecular formula is C31H25F6N7O4. The number of benzene rings is 2. The summed E-state index contributed by atoms with van der Waals surface area (Å²) in [5, 5.41) is 0. The topological polar surface area (TPSA) is 123 Å². The van der Waals surface area contributed by atoms with Crippen molar-refractivity contribution in [2.45, 2.75) is 12.7 Å². The largest absolute Gasteiger partial charge is 0.573 e. The quantitative estimate of drug-likeness (QED) is 0.136. The number of rotatable bonds is 12. The third-order valence-corrected chi connectivity index (χ3v) is 6.82. The highest BCUT2D eigenvalue weighted by Gasteiger charge is 2.32. The van der Waals surface area contributed by atoms with Gasteiger partial charge in [0.05, 0.1) is 34.5 Å². The molecule has 0 amide bonds. The molecule has 17 heteroatoms. The monoisotopic (exact) mass is 673 g/mol. The third-order valence-electron chi connectivity index (χ3n) is 6.82. The van der Waals surface area contributed by atoms with E-state index in [1.165, 1.54) is 48.8 Å². The van der Waals surface area contributed by atoms with Gasteiger partial charge in [-0.3, -0.25) is 4.90 Å². The van der Waals surface area contributed by atoms with E-state index in [1.807, 2.05) is 11.9 Å². The number of alkyl halides is 6. The van der Waals surface area contributed by atoms with E-state index >= 15 is 0 Å². The molecule has 2 aromatic carbocycles. The molecule has 250 valence electrons. The molecule has 48 heavy (non-hydrogen) atoms. The van der Waals surface area contributed by atoms with E-state index in [4.69, 9.17) is 9.47 Å². The minimum absolute atomic E-state index is 0.351. The van der Waals surface area contributed by atoms with Gasteiger partial charge >= 0.3 is 12.7 Å². The number of fused-ring (bicyclic) bond motifs is 2. The zero-order valence-electron chi connectivity index (χ0n) is 24.9. The van der Waals surface area contributed by atoms with Crippen molar-refractivity contribution in [2.75, 3.05) is 33.4 Å². The second-order valence-electron chi connectivity index (χ2n) is 10.4. The summed E-state index contributed by atoms with van der Waals surface area (Å²) >= 11 is 0. The fourth-order valence-electron chi connectivity index (χ4n) is 4.58. The van der Waals surface area contributed by atoms with Crippen molar-refractivity contribution in [2.24, 2.45) is 0 Å². The summed E-state index contributed by atoms with van der Waals surface area (Å²) in [6, 6.07) is 14.5. The standard InChI is InChI=1S/C31H25F6N7O4/c1-44(10-12-45-20-4-8-24(38-16-20)28-40-22-6-2-18(14-26(22)42-28)47-30(32,33)34)11-13-46-21-5-9-25(39-17-21)29-41-23-7-3-19(15-27(23)43-29)48-31(35,36)37/h2-9,14-17H,10-13H2,1H3,(H,40,42)(H,41,43). The maximum absolute atomic E-state index is 12.5. The molecule has 4 aromatic heterocycles. The van der Waals surface area contributed by atoms with Crippen molar-refractivity contribution < 1.29 is 45.3 Å². The molecule has 6 rings (SSSR count). The summed E-state index contributed by atoms with van der Waals surface area (Å²) in [6.07, 6.45) is -6.51. The Bertz CT molecular complexity index is 1850. The van der Waals surface area contributed by atoms with E-state index < -0.39 is 12.7 Å². The van der Waals surface area contributed by atoms with Gasteiger partial charge in [-0.05, 0) is 55.6 Å². The van der Waals surface area contributed by atoms with Crippen LogP contribution in [0.2, 0.25) is 0 Å². The van der Waals surface area contributed by atoms with E-state index in [2.05, 4.69) is 39.4 Å². The Morgan fingerprint density at radius 1 is 0.604 bits per heavy atom. The van der Waals surface area contributed by atoms with Crippen LogP contribution in [0.3, 0.4) is 0 Å². The Morgan fingerprint density at radius 3 is 1.40 bits per heavy atom. The normalized spacial score (nSPS) is 12.2. The van der Waals surface area contributed by atoms with Gasteiger partial charge in [-0.15, -0.1) is 26.3 Å². The molecule has 2 N–H and O–H groups in total. The Morgan fingerprint density at radius 2 is 1.02 bits per heavy atom. The van der Waals surface area contributed by atoms with Gasteiger partial charge in [-0.2, -0.15) is 0 Å². The van der Waals surface area contributed by atoms with Gasteiger partial charge in [0, 0.05) is 25.2 Å². The van der Waals surface area contributed by atoms with Crippen LogP contribution >= 0.6 is 0 Å². The number of hydrogen-bond donors (Lipinski definition) is 2. The average Bonchev–Trinajstić information content (AvgIpc) is 3.64. The maximum atomic E-state index is 12.5. The fraction of sp³-hybridized carbons (Fsp3) is 0.226. The lowest BCUT2D eigenvalue weighted by molar-refractivity contribution is -0.275. The van der Waals surface area contributed by atoms with E-state index in [0.29, 0.717) is 82.9 Å². The highest BCUT2D eigenvalue weighted by Crippen LogP contribution is 2.29. The molecule has 0 aliphatic heterocycles. The first-order valence-corrected chi connectivity index (χ1v) is 14.2. The first-order valence-electron chi connectivity index (χ1n) is 14.2. The number of ether oxygens (including phenoxy) is 4. The number of likely N-dealkylation sites (N-methyl/N-ethyl adjacent to an activating group) is 1. The van der Waals surface area contributed by atoms with E-state index in [1.54, 1.807) is 24.3 Å². The first-order chi connectivity index (χ1) is 22.9.